The van der Waals surface area contributed by atoms with Crippen LogP contribution in [-0.4, -0.2) is 39.8 Å². The van der Waals surface area contributed by atoms with E-state index in [4.69, 9.17) is 9.72 Å². The molecule has 0 spiro atoms. The summed E-state index contributed by atoms with van der Waals surface area (Å²) in [5, 5.41) is 10.9. The standard InChI is InChI=1S/C30H33N3O3/c1-20(2)22-11-13-26(14-12-22)36-19-25(34)18-33-28-10-5-4-9-27(28)31-30(33)23-16-29(35)32(17-23)24-8-6-7-21(3)15-24/h4-15,20,23,25,34H,16-19H2,1-3H3/t23-,25-/m1/s1. The molecular formula is C30H33N3O3. The molecule has 2 heterocycles. The third kappa shape index (κ3) is 5.00. The van der Waals surface area contributed by atoms with Gasteiger partial charge in [-0.05, 0) is 60.4 Å². The van der Waals surface area contributed by atoms with Crippen molar-refractivity contribution >= 4 is 22.6 Å². The lowest BCUT2D eigenvalue weighted by molar-refractivity contribution is -0.117. The second kappa shape index (κ2) is 10.2. The minimum atomic E-state index is -0.726. The van der Waals surface area contributed by atoms with Crippen LogP contribution >= 0.6 is 0 Å². The predicted molar refractivity (Wildman–Crippen MR) is 143 cm³/mol. The van der Waals surface area contributed by atoms with Gasteiger partial charge in [0.15, 0.2) is 0 Å². The number of hydrogen-bond donors (Lipinski definition) is 1. The van der Waals surface area contributed by atoms with Gasteiger partial charge in [-0.2, -0.15) is 0 Å². The van der Waals surface area contributed by atoms with Gasteiger partial charge in [-0.1, -0.05) is 50.2 Å². The summed E-state index contributed by atoms with van der Waals surface area (Å²) in [7, 11) is 0. The van der Waals surface area contributed by atoms with Gasteiger partial charge in [0.05, 0.1) is 17.6 Å². The number of aromatic nitrogens is 2. The van der Waals surface area contributed by atoms with E-state index in [1.807, 2.05) is 72.5 Å². The maximum absolute atomic E-state index is 13.0. The van der Waals surface area contributed by atoms with E-state index >= 15 is 0 Å². The number of imidazole rings is 1. The Labute approximate surface area is 212 Å². The number of aliphatic hydroxyl groups is 1. The molecule has 0 radical (unpaired) electrons. The van der Waals surface area contributed by atoms with Crippen molar-refractivity contribution in [2.45, 2.75) is 51.7 Å². The molecule has 0 bridgehead atoms. The van der Waals surface area contributed by atoms with Gasteiger partial charge in [0.25, 0.3) is 0 Å². The molecule has 1 amide bonds. The first-order chi connectivity index (χ1) is 17.4. The minimum Gasteiger partial charge on any atom is -0.491 e. The zero-order valence-electron chi connectivity index (χ0n) is 21.1. The second-order valence-electron chi connectivity index (χ2n) is 10.0. The first-order valence-electron chi connectivity index (χ1n) is 12.6. The number of hydrogen-bond acceptors (Lipinski definition) is 4. The molecule has 1 aliphatic heterocycles. The molecule has 6 nitrogen and oxygen atoms in total. The summed E-state index contributed by atoms with van der Waals surface area (Å²) < 4.78 is 7.94. The average molecular weight is 484 g/mol. The van der Waals surface area contributed by atoms with Gasteiger partial charge < -0.3 is 19.3 Å². The van der Waals surface area contributed by atoms with Crippen molar-refractivity contribution in [2.75, 3.05) is 18.1 Å². The Morgan fingerprint density at radius 2 is 1.83 bits per heavy atom. The molecule has 1 aromatic heterocycles. The summed E-state index contributed by atoms with van der Waals surface area (Å²) in [4.78, 5) is 19.7. The molecule has 1 fully saturated rings. The number of rotatable bonds is 8. The van der Waals surface area contributed by atoms with Crippen molar-refractivity contribution in [2.24, 2.45) is 0 Å². The molecule has 6 heteroatoms. The van der Waals surface area contributed by atoms with Crippen molar-refractivity contribution in [1.29, 1.82) is 0 Å². The zero-order chi connectivity index (χ0) is 25.2. The number of carbonyl (C=O) groups is 1. The number of fused-ring (bicyclic) bond motifs is 1. The van der Waals surface area contributed by atoms with E-state index in [1.54, 1.807) is 0 Å². The summed E-state index contributed by atoms with van der Waals surface area (Å²) in [6.07, 6.45) is -0.331. The quantitative estimate of drug-likeness (QED) is 0.363. The van der Waals surface area contributed by atoms with Crippen LogP contribution in [0, 0.1) is 6.92 Å². The maximum Gasteiger partial charge on any atom is 0.227 e. The average Bonchev–Trinajstić information content (AvgIpc) is 3.43. The molecule has 0 aliphatic carbocycles. The van der Waals surface area contributed by atoms with Crippen LogP contribution in [0.4, 0.5) is 5.69 Å². The lowest BCUT2D eigenvalue weighted by Gasteiger charge is -2.19. The van der Waals surface area contributed by atoms with Gasteiger partial charge in [0, 0.05) is 24.6 Å². The highest BCUT2D eigenvalue weighted by atomic mass is 16.5. The fourth-order valence-electron chi connectivity index (χ4n) is 4.93. The first kappa shape index (κ1) is 24.1. The van der Waals surface area contributed by atoms with Gasteiger partial charge in [0.2, 0.25) is 5.91 Å². The fourth-order valence-corrected chi connectivity index (χ4v) is 4.93. The van der Waals surface area contributed by atoms with E-state index in [2.05, 4.69) is 30.5 Å². The van der Waals surface area contributed by atoms with Crippen molar-refractivity contribution in [3.63, 3.8) is 0 Å². The molecule has 2 atom stereocenters. The number of ether oxygens (including phenoxy) is 1. The highest BCUT2D eigenvalue weighted by Crippen LogP contribution is 2.33. The Bertz CT molecular complexity index is 1360. The van der Waals surface area contributed by atoms with Crippen molar-refractivity contribution in [3.8, 4) is 5.75 Å². The minimum absolute atomic E-state index is 0.0536. The Hall–Kier alpha value is -3.64. The van der Waals surface area contributed by atoms with Gasteiger partial charge in [-0.15, -0.1) is 0 Å². The summed E-state index contributed by atoms with van der Waals surface area (Å²) in [6.45, 7) is 7.43. The Kier molecular flexibility index (Phi) is 6.79. The fraction of sp³-hybridized carbons (Fsp3) is 0.333. The molecule has 36 heavy (non-hydrogen) atoms. The van der Waals surface area contributed by atoms with Gasteiger partial charge in [-0.3, -0.25) is 4.79 Å². The Morgan fingerprint density at radius 3 is 2.58 bits per heavy atom. The van der Waals surface area contributed by atoms with E-state index in [1.165, 1.54) is 5.56 Å². The molecule has 0 saturated carbocycles. The van der Waals surface area contributed by atoms with Crippen molar-refractivity contribution in [3.05, 3.63) is 89.7 Å². The zero-order valence-corrected chi connectivity index (χ0v) is 21.1. The second-order valence-corrected chi connectivity index (χ2v) is 10.0. The van der Waals surface area contributed by atoms with Crippen molar-refractivity contribution in [1.82, 2.24) is 9.55 Å². The smallest absolute Gasteiger partial charge is 0.227 e. The summed E-state index contributed by atoms with van der Waals surface area (Å²) >= 11 is 0. The SMILES string of the molecule is Cc1cccc(N2C[C@H](c3nc4ccccc4n3C[C@@H](O)COc3ccc(C(C)C)cc3)CC2=O)c1. The molecule has 1 aliphatic rings. The highest BCUT2D eigenvalue weighted by Gasteiger charge is 2.35. The summed E-state index contributed by atoms with van der Waals surface area (Å²) in [5.74, 6) is 2.08. The number of aliphatic hydroxyl groups excluding tert-OH is 1. The number of para-hydroxylation sites is 2. The summed E-state index contributed by atoms with van der Waals surface area (Å²) in [5.41, 5.74) is 5.11. The van der Waals surface area contributed by atoms with Crippen LogP contribution in [0.15, 0.2) is 72.8 Å². The van der Waals surface area contributed by atoms with E-state index in [9.17, 15) is 9.90 Å². The van der Waals surface area contributed by atoms with Crippen LogP contribution in [-0.2, 0) is 11.3 Å². The highest BCUT2D eigenvalue weighted by molar-refractivity contribution is 5.96. The number of benzene rings is 3. The molecular weight excluding hydrogens is 450 g/mol. The molecule has 186 valence electrons. The largest absolute Gasteiger partial charge is 0.491 e. The van der Waals surface area contributed by atoms with Gasteiger partial charge in [-0.25, -0.2) is 4.98 Å². The van der Waals surface area contributed by atoms with Crippen LogP contribution in [0.5, 0.6) is 5.75 Å². The van der Waals surface area contributed by atoms with E-state index in [0.29, 0.717) is 25.4 Å². The summed E-state index contributed by atoms with van der Waals surface area (Å²) in [6, 6.07) is 24.0. The number of aryl methyl sites for hydroxylation is 1. The third-order valence-corrected chi connectivity index (χ3v) is 6.87. The lowest BCUT2D eigenvalue weighted by Crippen LogP contribution is -2.26. The van der Waals surface area contributed by atoms with Gasteiger partial charge in [0.1, 0.15) is 24.3 Å². The Balaban J connectivity index is 1.34. The Morgan fingerprint density at radius 1 is 1.06 bits per heavy atom. The molecule has 4 aromatic rings. The van der Waals surface area contributed by atoms with Crippen LogP contribution in [0.1, 0.15) is 49.1 Å². The predicted octanol–water partition coefficient (Wildman–Crippen LogP) is 5.43. The topological polar surface area (TPSA) is 67.6 Å². The third-order valence-electron chi connectivity index (χ3n) is 6.87. The first-order valence-corrected chi connectivity index (χ1v) is 12.6. The van der Waals surface area contributed by atoms with Crippen molar-refractivity contribution < 1.29 is 14.6 Å². The molecule has 3 aromatic carbocycles. The van der Waals surface area contributed by atoms with Crippen LogP contribution in [0.25, 0.3) is 11.0 Å². The number of nitrogens with zero attached hydrogens (tertiary/aromatic N) is 3. The molecule has 0 unspecified atom stereocenters. The lowest BCUT2D eigenvalue weighted by atomic mass is 10.0. The van der Waals surface area contributed by atoms with Gasteiger partial charge >= 0.3 is 0 Å². The van der Waals surface area contributed by atoms with Crippen LogP contribution in [0.3, 0.4) is 0 Å². The molecule has 5 rings (SSSR count). The maximum atomic E-state index is 13.0. The van der Waals surface area contributed by atoms with Crippen LogP contribution < -0.4 is 9.64 Å². The van der Waals surface area contributed by atoms with Crippen LogP contribution in [0.2, 0.25) is 0 Å². The monoisotopic (exact) mass is 483 g/mol. The van der Waals surface area contributed by atoms with E-state index < -0.39 is 6.10 Å². The number of amides is 1. The van der Waals surface area contributed by atoms with E-state index in [-0.39, 0.29) is 18.4 Å². The van der Waals surface area contributed by atoms with E-state index in [0.717, 1.165) is 33.9 Å². The molecule has 1 N–H and O–H groups in total. The normalized spacial score (nSPS) is 16.8. The number of anilines is 1. The molecule has 1 saturated heterocycles. The number of carbonyl (C=O) groups excluding carboxylic acids is 1.